The number of benzene rings is 1. The van der Waals surface area contributed by atoms with Crippen molar-refractivity contribution in [2.24, 2.45) is 4.99 Å². The first-order valence-corrected chi connectivity index (χ1v) is 7.28. The zero-order valence-electron chi connectivity index (χ0n) is 13.6. The van der Waals surface area contributed by atoms with E-state index in [1.807, 2.05) is 14.0 Å². The number of aryl methyl sites for hydroxylation is 1. The van der Waals surface area contributed by atoms with Gasteiger partial charge in [-0.1, -0.05) is 31.2 Å². The number of halogens is 1. The maximum atomic E-state index is 5.32. The van der Waals surface area contributed by atoms with Gasteiger partial charge in [0.05, 0.1) is 6.61 Å². The second-order valence-corrected chi connectivity index (χ2v) is 4.70. The van der Waals surface area contributed by atoms with Crippen LogP contribution in [-0.4, -0.2) is 44.7 Å². The van der Waals surface area contributed by atoms with E-state index in [0.29, 0.717) is 6.61 Å². The normalized spacial score (nSPS) is 11.0. The Kier molecular flexibility index (Phi) is 11.3. The lowest BCUT2D eigenvalue weighted by Gasteiger charge is -2.22. The van der Waals surface area contributed by atoms with Crippen molar-refractivity contribution in [3.05, 3.63) is 35.4 Å². The van der Waals surface area contributed by atoms with Gasteiger partial charge in [-0.2, -0.15) is 0 Å². The van der Waals surface area contributed by atoms with Crippen LogP contribution in [0.5, 0.6) is 0 Å². The largest absolute Gasteiger partial charge is 0.380 e. The zero-order valence-corrected chi connectivity index (χ0v) is 15.9. The molecule has 4 nitrogen and oxygen atoms in total. The molecule has 0 unspecified atom stereocenters. The van der Waals surface area contributed by atoms with Gasteiger partial charge in [0, 0.05) is 33.8 Å². The lowest BCUT2D eigenvalue weighted by atomic mass is 10.1. The molecular formula is C16H28IN3O. The van der Waals surface area contributed by atoms with Crippen LogP contribution in [0.1, 0.15) is 25.0 Å². The molecule has 0 bridgehead atoms. The summed E-state index contributed by atoms with van der Waals surface area (Å²) in [7, 11) is 3.85. The van der Waals surface area contributed by atoms with Crippen LogP contribution in [0, 0.1) is 0 Å². The lowest BCUT2D eigenvalue weighted by Crippen LogP contribution is -2.39. The van der Waals surface area contributed by atoms with Gasteiger partial charge in [-0.3, -0.25) is 4.99 Å². The smallest absolute Gasteiger partial charge is 0.193 e. The van der Waals surface area contributed by atoms with Gasteiger partial charge in [-0.15, -0.1) is 24.0 Å². The molecule has 1 aromatic rings. The van der Waals surface area contributed by atoms with Crippen molar-refractivity contribution in [2.45, 2.75) is 26.8 Å². The van der Waals surface area contributed by atoms with Gasteiger partial charge in [-0.25, -0.2) is 0 Å². The van der Waals surface area contributed by atoms with Crippen LogP contribution in [0.25, 0.3) is 0 Å². The molecule has 0 heterocycles. The minimum Gasteiger partial charge on any atom is -0.380 e. The summed E-state index contributed by atoms with van der Waals surface area (Å²) in [4.78, 5) is 6.41. The number of nitrogens with zero attached hydrogens (tertiary/aromatic N) is 2. The number of guanidine groups is 1. The number of hydrogen-bond acceptors (Lipinski definition) is 2. The van der Waals surface area contributed by atoms with E-state index in [-0.39, 0.29) is 24.0 Å². The number of ether oxygens (including phenoxy) is 1. The van der Waals surface area contributed by atoms with E-state index < -0.39 is 0 Å². The molecule has 5 heteroatoms. The van der Waals surface area contributed by atoms with Crippen LogP contribution in [0.4, 0.5) is 0 Å². The zero-order chi connectivity index (χ0) is 14.8. The van der Waals surface area contributed by atoms with E-state index in [0.717, 1.165) is 32.1 Å². The monoisotopic (exact) mass is 405 g/mol. The fourth-order valence-electron chi connectivity index (χ4n) is 1.99. The van der Waals surface area contributed by atoms with Crippen LogP contribution in [0.3, 0.4) is 0 Å². The van der Waals surface area contributed by atoms with Crippen molar-refractivity contribution in [3.8, 4) is 0 Å². The molecule has 0 spiro atoms. The van der Waals surface area contributed by atoms with Gasteiger partial charge >= 0.3 is 0 Å². The Bertz CT molecular complexity index is 406. The van der Waals surface area contributed by atoms with E-state index in [4.69, 9.17) is 4.74 Å². The van der Waals surface area contributed by atoms with Crippen molar-refractivity contribution in [1.29, 1.82) is 0 Å². The molecule has 21 heavy (non-hydrogen) atoms. The molecule has 1 aromatic carbocycles. The molecule has 0 radical (unpaired) electrons. The third kappa shape index (κ3) is 7.66. The molecule has 0 saturated heterocycles. The Hall–Kier alpha value is -0.820. The third-order valence-electron chi connectivity index (χ3n) is 3.16. The van der Waals surface area contributed by atoms with E-state index in [9.17, 15) is 0 Å². The fourth-order valence-corrected chi connectivity index (χ4v) is 1.99. The van der Waals surface area contributed by atoms with Gasteiger partial charge in [0.25, 0.3) is 0 Å². The maximum Gasteiger partial charge on any atom is 0.193 e. The van der Waals surface area contributed by atoms with Crippen LogP contribution in [0.2, 0.25) is 0 Å². The highest BCUT2D eigenvalue weighted by Crippen LogP contribution is 2.07. The lowest BCUT2D eigenvalue weighted by molar-refractivity contribution is 0.152. The van der Waals surface area contributed by atoms with Crippen molar-refractivity contribution in [1.82, 2.24) is 10.2 Å². The third-order valence-corrected chi connectivity index (χ3v) is 3.16. The van der Waals surface area contributed by atoms with Gasteiger partial charge in [-0.05, 0) is 24.5 Å². The second-order valence-electron chi connectivity index (χ2n) is 4.70. The fraction of sp³-hybridized carbons (Fsp3) is 0.562. The summed E-state index contributed by atoms with van der Waals surface area (Å²) in [5, 5.41) is 3.30. The number of nitrogens with one attached hydrogen (secondary N) is 1. The van der Waals surface area contributed by atoms with Gasteiger partial charge < -0.3 is 15.0 Å². The SMILES string of the molecule is CCOCCNC(=NC)N(C)Cc1ccc(CC)cc1.I. The van der Waals surface area contributed by atoms with Crippen molar-refractivity contribution >= 4 is 29.9 Å². The average molecular weight is 405 g/mol. The first-order valence-electron chi connectivity index (χ1n) is 7.28. The van der Waals surface area contributed by atoms with E-state index in [1.54, 1.807) is 7.05 Å². The molecule has 0 amide bonds. The Morgan fingerprint density at radius 1 is 1.19 bits per heavy atom. The Morgan fingerprint density at radius 2 is 1.81 bits per heavy atom. The highest BCUT2D eigenvalue weighted by Gasteiger charge is 2.06. The summed E-state index contributed by atoms with van der Waals surface area (Å²) in [6.45, 7) is 7.25. The van der Waals surface area contributed by atoms with Gasteiger partial charge in [0.1, 0.15) is 0 Å². The minimum absolute atomic E-state index is 0. The van der Waals surface area contributed by atoms with Crippen molar-refractivity contribution in [2.75, 3.05) is 33.9 Å². The summed E-state index contributed by atoms with van der Waals surface area (Å²) < 4.78 is 5.32. The van der Waals surface area contributed by atoms with Gasteiger partial charge in [0.15, 0.2) is 5.96 Å². The molecule has 1 N–H and O–H groups in total. The Labute approximate surface area is 146 Å². The van der Waals surface area contributed by atoms with Crippen molar-refractivity contribution in [3.63, 3.8) is 0 Å². The van der Waals surface area contributed by atoms with E-state index in [2.05, 4.69) is 46.4 Å². The van der Waals surface area contributed by atoms with E-state index in [1.165, 1.54) is 11.1 Å². The predicted molar refractivity (Wildman–Crippen MR) is 101 cm³/mol. The maximum absolute atomic E-state index is 5.32. The number of hydrogen-bond donors (Lipinski definition) is 1. The molecule has 0 aliphatic rings. The molecule has 0 fully saturated rings. The molecule has 0 aliphatic heterocycles. The summed E-state index contributed by atoms with van der Waals surface area (Å²) in [5.41, 5.74) is 2.66. The first kappa shape index (κ1) is 20.2. The summed E-state index contributed by atoms with van der Waals surface area (Å²) in [5.74, 6) is 0.893. The topological polar surface area (TPSA) is 36.9 Å². The van der Waals surface area contributed by atoms with Gasteiger partial charge in [0.2, 0.25) is 0 Å². The highest BCUT2D eigenvalue weighted by atomic mass is 127. The standard InChI is InChI=1S/C16H27N3O.HI/c1-5-14-7-9-15(10-8-14)13-19(4)16(17-3)18-11-12-20-6-2;/h7-10H,5-6,11-13H2,1-4H3,(H,17,18);1H. The summed E-state index contributed by atoms with van der Waals surface area (Å²) in [6, 6.07) is 8.74. The average Bonchev–Trinajstić information content (AvgIpc) is 2.48. The second kappa shape index (κ2) is 11.8. The van der Waals surface area contributed by atoms with Crippen LogP contribution >= 0.6 is 24.0 Å². The van der Waals surface area contributed by atoms with E-state index >= 15 is 0 Å². The number of rotatable bonds is 7. The molecule has 0 atom stereocenters. The Balaban J connectivity index is 0.00000400. The molecule has 0 aliphatic carbocycles. The molecule has 120 valence electrons. The molecular weight excluding hydrogens is 377 g/mol. The Morgan fingerprint density at radius 3 is 2.33 bits per heavy atom. The molecule has 1 rings (SSSR count). The summed E-state index contributed by atoms with van der Waals surface area (Å²) in [6.07, 6.45) is 1.08. The van der Waals surface area contributed by atoms with Crippen LogP contribution in [0.15, 0.2) is 29.3 Å². The first-order chi connectivity index (χ1) is 9.71. The van der Waals surface area contributed by atoms with Crippen molar-refractivity contribution < 1.29 is 4.74 Å². The summed E-state index contributed by atoms with van der Waals surface area (Å²) >= 11 is 0. The predicted octanol–water partition coefficient (Wildman–Crippen LogP) is 2.91. The molecule has 0 saturated carbocycles. The quantitative estimate of drug-likeness (QED) is 0.328. The molecule has 0 aromatic heterocycles. The highest BCUT2D eigenvalue weighted by molar-refractivity contribution is 14.0. The minimum atomic E-state index is 0. The van der Waals surface area contributed by atoms with Crippen LogP contribution in [-0.2, 0) is 17.7 Å². The number of aliphatic imine (C=N–C) groups is 1. The van der Waals surface area contributed by atoms with Crippen LogP contribution < -0.4 is 5.32 Å².